The van der Waals surface area contributed by atoms with Gasteiger partial charge in [-0.1, -0.05) is 72.8 Å². The van der Waals surface area contributed by atoms with Crippen LogP contribution in [0.15, 0.2) is 102 Å². The molecule has 0 saturated heterocycles. The topological polar surface area (TPSA) is 90.3 Å². The van der Waals surface area contributed by atoms with Crippen molar-refractivity contribution in [3.63, 3.8) is 0 Å². The van der Waals surface area contributed by atoms with Crippen molar-refractivity contribution < 1.29 is 14.3 Å². The molecule has 6 rings (SSSR count). The molecule has 4 aromatic carbocycles. The highest BCUT2D eigenvalue weighted by Gasteiger charge is 2.36. The first-order chi connectivity index (χ1) is 19.6. The molecule has 200 valence electrons. The van der Waals surface area contributed by atoms with Crippen LogP contribution in [-0.4, -0.2) is 34.4 Å². The van der Waals surface area contributed by atoms with Crippen LogP contribution >= 0.6 is 0 Å². The highest BCUT2D eigenvalue weighted by molar-refractivity contribution is 6.07. The number of rotatable bonds is 7. The normalized spacial score (nSPS) is 14.4. The van der Waals surface area contributed by atoms with Crippen molar-refractivity contribution in [2.75, 3.05) is 24.4 Å². The Labute approximate surface area is 232 Å². The number of para-hydroxylation sites is 3. The minimum absolute atomic E-state index is 0.279. The first-order valence-electron chi connectivity index (χ1n) is 13.2. The second kappa shape index (κ2) is 10.6. The molecule has 5 aromatic rings. The van der Waals surface area contributed by atoms with E-state index in [1.54, 1.807) is 11.8 Å². The summed E-state index contributed by atoms with van der Waals surface area (Å²) in [6.45, 7) is 4.30. The average molecular weight is 532 g/mol. The fraction of sp³-hybridized carbons (Fsp3) is 0.156. The molecule has 40 heavy (non-hydrogen) atoms. The molecule has 1 aliphatic heterocycles. The van der Waals surface area contributed by atoms with Gasteiger partial charge in [0.15, 0.2) is 5.82 Å². The summed E-state index contributed by atoms with van der Waals surface area (Å²) in [5.41, 5.74) is 3.48. The summed E-state index contributed by atoms with van der Waals surface area (Å²) >= 11 is 0. The van der Waals surface area contributed by atoms with Gasteiger partial charge in [-0.15, -0.1) is 5.10 Å². The smallest absolute Gasteiger partial charge is 0.255 e. The first kappa shape index (κ1) is 25.2. The maximum Gasteiger partial charge on any atom is 0.255 e. The van der Waals surface area contributed by atoms with Crippen LogP contribution in [0.4, 0.5) is 11.6 Å². The Balaban J connectivity index is 1.50. The number of anilines is 2. The number of benzene rings is 4. The fourth-order valence-corrected chi connectivity index (χ4v) is 5.20. The molecule has 2 heterocycles. The first-order valence-corrected chi connectivity index (χ1v) is 13.2. The summed E-state index contributed by atoms with van der Waals surface area (Å²) in [7, 11) is 1.58. The van der Waals surface area contributed by atoms with Crippen molar-refractivity contribution in [2.24, 2.45) is 0 Å². The van der Waals surface area contributed by atoms with Gasteiger partial charge in [-0.2, -0.15) is 4.98 Å². The molecule has 1 amide bonds. The summed E-state index contributed by atoms with van der Waals surface area (Å²) < 4.78 is 13.3. The molecule has 1 atom stereocenters. The molecular formula is C32H29N5O3. The zero-order valence-electron chi connectivity index (χ0n) is 22.5. The number of amides is 1. The molecule has 0 fully saturated rings. The Kier molecular flexibility index (Phi) is 6.66. The molecule has 0 saturated carbocycles. The highest BCUT2D eigenvalue weighted by Crippen LogP contribution is 2.41. The van der Waals surface area contributed by atoms with E-state index in [-0.39, 0.29) is 5.91 Å². The lowest BCUT2D eigenvalue weighted by molar-refractivity contribution is -0.113. The molecular weight excluding hydrogens is 502 g/mol. The van der Waals surface area contributed by atoms with Crippen molar-refractivity contribution in [2.45, 2.75) is 19.9 Å². The number of ether oxygens (including phenoxy) is 2. The van der Waals surface area contributed by atoms with Gasteiger partial charge in [-0.3, -0.25) is 4.79 Å². The van der Waals surface area contributed by atoms with Crippen molar-refractivity contribution >= 4 is 28.3 Å². The van der Waals surface area contributed by atoms with Gasteiger partial charge in [0.1, 0.15) is 17.5 Å². The second-order valence-corrected chi connectivity index (χ2v) is 9.42. The summed E-state index contributed by atoms with van der Waals surface area (Å²) in [5, 5.41) is 13.5. The van der Waals surface area contributed by atoms with E-state index in [1.165, 1.54) is 0 Å². The third kappa shape index (κ3) is 4.43. The van der Waals surface area contributed by atoms with E-state index in [0.717, 1.165) is 21.9 Å². The van der Waals surface area contributed by atoms with Crippen LogP contribution in [0.2, 0.25) is 0 Å². The van der Waals surface area contributed by atoms with Crippen molar-refractivity contribution in [1.82, 2.24) is 14.8 Å². The number of methoxy groups -OCH3 is 1. The number of carbonyl (C=O) groups excluding carboxylic acids is 1. The second-order valence-electron chi connectivity index (χ2n) is 9.42. The number of nitrogens with one attached hydrogen (secondary N) is 2. The standard InChI is InChI=1S/C32H29N5O3/c1-4-40-26-18-9-7-15-24(26)29-28(31(38)34-25-17-8-10-19-27(25)39-3)20(2)33-32-35-30(36-37(29)32)23-16-11-13-21-12-5-6-14-22(21)23/h5-19,29H,4H2,1-3H3,(H,34,38)(H,33,35,36). The number of carbonyl (C=O) groups is 1. The minimum atomic E-state index is -0.593. The van der Waals surface area contributed by atoms with Gasteiger partial charge in [0.25, 0.3) is 5.91 Å². The minimum Gasteiger partial charge on any atom is -0.495 e. The lowest BCUT2D eigenvalue weighted by atomic mass is 9.94. The Bertz CT molecular complexity index is 1750. The van der Waals surface area contributed by atoms with E-state index in [4.69, 9.17) is 19.6 Å². The number of hydrogen-bond donors (Lipinski definition) is 2. The number of hydrogen-bond acceptors (Lipinski definition) is 6. The molecule has 0 aliphatic carbocycles. The van der Waals surface area contributed by atoms with E-state index in [1.807, 2.05) is 86.6 Å². The molecule has 8 heteroatoms. The Morgan fingerprint density at radius 1 is 0.950 bits per heavy atom. The lowest BCUT2D eigenvalue weighted by Crippen LogP contribution is -2.31. The Morgan fingerprint density at radius 2 is 1.68 bits per heavy atom. The fourth-order valence-electron chi connectivity index (χ4n) is 5.20. The monoisotopic (exact) mass is 531 g/mol. The van der Waals surface area contributed by atoms with E-state index < -0.39 is 6.04 Å². The Hall–Kier alpha value is -5.11. The number of fused-ring (bicyclic) bond motifs is 2. The van der Waals surface area contributed by atoms with Gasteiger partial charge < -0.3 is 20.1 Å². The zero-order valence-corrected chi connectivity index (χ0v) is 22.5. The van der Waals surface area contributed by atoms with Gasteiger partial charge in [0, 0.05) is 16.8 Å². The molecule has 1 aromatic heterocycles. The third-order valence-electron chi connectivity index (χ3n) is 7.00. The van der Waals surface area contributed by atoms with E-state index in [2.05, 4.69) is 28.8 Å². The van der Waals surface area contributed by atoms with E-state index in [0.29, 0.717) is 46.8 Å². The number of aromatic nitrogens is 3. The highest BCUT2D eigenvalue weighted by atomic mass is 16.5. The summed E-state index contributed by atoms with van der Waals surface area (Å²) in [6, 6.07) is 28.7. The number of allylic oxidation sites excluding steroid dienone is 1. The van der Waals surface area contributed by atoms with Gasteiger partial charge >= 0.3 is 0 Å². The van der Waals surface area contributed by atoms with Crippen LogP contribution in [0.3, 0.4) is 0 Å². The molecule has 2 N–H and O–H groups in total. The van der Waals surface area contributed by atoms with Crippen molar-refractivity contribution in [3.05, 3.63) is 108 Å². The van der Waals surface area contributed by atoms with E-state index >= 15 is 0 Å². The van der Waals surface area contributed by atoms with Crippen LogP contribution in [0.1, 0.15) is 25.5 Å². The number of nitrogens with zero attached hydrogens (tertiary/aromatic N) is 3. The molecule has 1 unspecified atom stereocenters. The summed E-state index contributed by atoms with van der Waals surface area (Å²) in [5.74, 6) is 2.09. The molecule has 1 aliphatic rings. The van der Waals surface area contributed by atoms with E-state index in [9.17, 15) is 4.79 Å². The van der Waals surface area contributed by atoms with Crippen LogP contribution in [0.5, 0.6) is 11.5 Å². The summed E-state index contributed by atoms with van der Waals surface area (Å²) in [4.78, 5) is 18.9. The van der Waals surface area contributed by atoms with Gasteiger partial charge in [-0.25, -0.2) is 4.68 Å². The van der Waals surface area contributed by atoms with Crippen LogP contribution in [0, 0.1) is 0 Å². The maximum atomic E-state index is 14.0. The molecule has 8 nitrogen and oxygen atoms in total. The van der Waals surface area contributed by atoms with Gasteiger partial charge in [0.2, 0.25) is 5.95 Å². The predicted molar refractivity (Wildman–Crippen MR) is 157 cm³/mol. The van der Waals surface area contributed by atoms with Gasteiger partial charge in [-0.05, 0) is 42.8 Å². The largest absolute Gasteiger partial charge is 0.495 e. The predicted octanol–water partition coefficient (Wildman–Crippen LogP) is 6.43. The maximum absolute atomic E-state index is 14.0. The quantitative estimate of drug-likeness (QED) is 0.251. The summed E-state index contributed by atoms with van der Waals surface area (Å²) in [6.07, 6.45) is 0. The zero-order chi connectivity index (χ0) is 27.6. The van der Waals surface area contributed by atoms with Crippen molar-refractivity contribution in [3.8, 4) is 22.9 Å². The van der Waals surface area contributed by atoms with Crippen LogP contribution in [-0.2, 0) is 4.79 Å². The van der Waals surface area contributed by atoms with Crippen LogP contribution in [0.25, 0.3) is 22.2 Å². The third-order valence-corrected chi connectivity index (χ3v) is 7.00. The SMILES string of the molecule is CCOc1ccccc1C1C(C(=O)Nc2ccccc2OC)=C(C)Nc2nc(-c3cccc4ccccc34)nn21. The van der Waals surface area contributed by atoms with Crippen molar-refractivity contribution in [1.29, 1.82) is 0 Å². The van der Waals surface area contributed by atoms with Gasteiger partial charge in [0.05, 0.1) is 25.0 Å². The molecule has 0 radical (unpaired) electrons. The van der Waals surface area contributed by atoms with Crippen LogP contribution < -0.4 is 20.1 Å². The molecule has 0 spiro atoms. The Morgan fingerprint density at radius 3 is 2.50 bits per heavy atom. The lowest BCUT2D eigenvalue weighted by Gasteiger charge is -2.29. The average Bonchev–Trinajstić information content (AvgIpc) is 3.40. The molecule has 0 bridgehead atoms.